The molecule has 0 spiro atoms. The van der Waals surface area contributed by atoms with E-state index in [1.54, 1.807) is 0 Å². The lowest BCUT2D eigenvalue weighted by atomic mass is 9.72. The summed E-state index contributed by atoms with van der Waals surface area (Å²) in [7, 11) is 2.24. The largest absolute Gasteiger partial charge is 0.491 e. The number of likely N-dealkylation sites (tertiary alicyclic amines) is 1. The SMILES string of the molecule is CC(C)(C)CC(C)(C)c1ccc(OC[C@@H](O)C[N+]2(C)CCCC2)cc1. The predicted octanol–water partition coefficient (Wildman–Crippen LogP) is 4.38. The Hall–Kier alpha value is -1.06. The van der Waals surface area contributed by atoms with E-state index in [9.17, 15) is 5.11 Å². The topological polar surface area (TPSA) is 29.5 Å². The molecule has 1 aromatic carbocycles. The third-order valence-corrected chi connectivity index (χ3v) is 5.35. The zero-order chi connectivity index (χ0) is 18.7. The number of aliphatic hydroxyl groups is 1. The van der Waals surface area contributed by atoms with Gasteiger partial charge in [-0.15, -0.1) is 0 Å². The maximum Gasteiger partial charge on any atom is 0.137 e. The molecule has 1 fully saturated rings. The van der Waals surface area contributed by atoms with Crippen molar-refractivity contribution < 1.29 is 14.3 Å². The minimum Gasteiger partial charge on any atom is -0.491 e. The maximum atomic E-state index is 10.3. The van der Waals surface area contributed by atoms with Gasteiger partial charge in [0.25, 0.3) is 0 Å². The minimum atomic E-state index is -0.403. The zero-order valence-electron chi connectivity index (χ0n) is 17.1. The fourth-order valence-electron chi connectivity index (χ4n) is 4.47. The van der Waals surface area contributed by atoms with Crippen LogP contribution in [0.5, 0.6) is 5.75 Å². The van der Waals surface area contributed by atoms with Crippen LogP contribution < -0.4 is 4.74 Å². The quantitative estimate of drug-likeness (QED) is 0.741. The van der Waals surface area contributed by atoms with Gasteiger partial charge in [-0.2, -0.15) is 0 Å². The molecule has 1 aliphatic rings. The normalized spacial score (nSPS) is 19.0. The summed E-state index contributed by atoms with van der Waals surface area (Å²) in [5.74, 6) is 0.846. The monoisotopic (exact) mass is 348 g/mol. The van der Waals surface area contributed by atoms with E-state index in [-0.39, 0.29) is 5.41 Å². The maximum absolute atomic E-state index is 10.3. The van der Waals surface area contributed by atoms with Crippen molar-refractivity contribution in [1.29, 1.82) is 0 Å². The average molecular weight is 349 g/mol. The second-order valence-electron chi connectivity index (χ2n) is 10.1. The highest BCUT2D eigenvalue weighted by Crippen LogP contribution is 2.36. The van der Waals surface area contributed by atoms with Crippen LogP contribution in [0.2, 0.25) is 0 Å². The second kappa shape index (κ2) is 7.67. The van der Waals surface area contributed by atoms with Crippen molar-refractivity contribution in [1.82, 2.24) is 0 Å². The lowest BCUT2D eigenvalue weighted by molar-refractivity contribution is -0.900. The third kappa shape index (κ3) is 6.31. The van der Waals surface area contributed by atoms with E-state index in [4.69, 9.17) is 4.74 Å². The van der Waals surface area contributed by atoms with E-state index in [0.717, 1.165) is 23.2 Å². The molecular weight excluding hydrogens is 310 g/mol. The predicted molar refractivity (Wildman–Crippen MR) is 105 cm³/mol. The van der Waals surface area contributed by atoms with E-state index in [1.165, 1.54) is 31.5 Å². The first kappa shape index (κ1) is 20.3. The minimum absolute atomic E-state index is 0.144. The van der Waals surface area contributed by atoms with Gasteiger partial charge in [0.05, 0.1) is 20.1 Å². The number of aliphatic hydroxyl groups excluding tert-OH is 1. The van der Waals surface area contributed by atoms with Crippen molar-refractivity contribution in [3.05, 3.63) is 29.8 Å². The summed E-state index contributed by atoms with van der Waals surface area (Å²) in [5.41, 5.74) is 1.79. The smallest absolute Gasteiger partial charge is 0.137 e. The Balaban J connectivity index is 1.87. The lowest BCUT2D eigenvalue weighted by Gasteiger charge is -2.33. The van der Waals surface area contributed by atoms with Crippen molar-refractivity contribution >= 4 is 0 Å². The molecule has 2 rings (SSSR count). The number of benzene rings is 1. The van der Waals surface area contributed by atoms with Gasteiger partial charge in [0.2, 0.25) is 0 Å². The Morgan fingerprint density at radius 2 is 1.60 bits per heavy atom. The van der Waals surface area contributed by atoms with Gasteiger partial charge in [0.1, 0.15) is 25.0 Å². The molecule has 0 aromatic heterocycles. The van der Waals surface area contributed by atoms with E-state index in [2.05, 4.69) is 53.8 Å². The molecule has 142 valence electrons. The van der Waals surface area contributed by atoms with Crippen LogP contribution >= 0.6 is 0 Å². The molecule has 3 nitrogen and oxygen atoms in total. The molecule has 25 heavy (non-hydrogen) atoms. The second-order valence-corrected chi connectivity index (χ2v) is 10.1. The molecule has 0 aliphatic carbocycles. The van der Waals surface area contributed by atoms with E-state index < -0.39 is 6.10 Å². The first-order chi connectivity index (χ1) is 11.5. The van der Waals surface area contributed by atoms with Gasteiger partial charge < -0.3 is 14.3 Å². The number of ether oxygens (including phenoxy) is 1. The molecule has 1 N–H and O–H groups in total. The zero-order valence-corrected chi connectivity index (χ0v) is 17.1. The fourth-order valence-corrected chi connectivity index (χ4v) is 4.47. The van der Waals surface area contributed by atoms with Crippen LogP contribution in [0.4, 0.5) is 0 Å². The van der Waals surface area contributed by atoms with Gasteiger partial charge in [0.15, 0.2) is 0 Å². The summed E-state index contributed by atoms with van der Waals surface area (Å²) < 4.78 is 6.81. The number of hydrogen-bond donors (Lipinski definition) is 1. The molecule has 0 unspecified atom stereocenters. The summed E-state index contributed by atoms with van der Waals surface area (Å²) in [4.78, 5) is 0. The van der Waals surface area contributed by atoms with Crippen molar-refractivity contribution in [2.45, 2.75) is 65.4 Å². The number of nitrogens with zero attached hydrogens (tertiary/aromatic N) is 1. The summed E-state index contributed by atoms with van der Waals surface area (Å²) in [5, 5.41) is 10.3. The molecule has 1 aromatic rings. The van der Waals surface area contributed by atoms with Crippen LogP contribution in [0.15, 0.2) is 24.3 Å². The average Bonchev–Trinajstić information content (AvgIpc) is 2.89. The standard InChI is InChI=1S/C22H38NO2/c1-21(2,3)17-22(4,5)18-9-11-20(12-10-18)25-16-19(24)15-23(6)13-7-8-14-23/h9-12,19,24H,7-8,13-17H2,1-6H3/q+1/t19-/m0/s1. The highest BCUT2D eigenvalue weighted by atomic mass is 16.5. The number of quaternary nitrogens is 1. The molecule has 0 saturated carbocycles. The molecule has 1 saturated heterocycles. The van der Waals surface area contributed by atoms with Crippen molar-refractivity contribution in [3.63, 3.8) is 0 Å². The van der Waals surface area contributed by atoms with Gasteiger partial charge in [-0.1, -0.05) is 46.8 Å². The number of likely N-dealkylation sites (N-methyl/N-ethyl adjacent to an activating group) is 1. The van der Waals surface area contributed by atoms with Crippen LogP contribution in [0.25, 0.3) is 0 Å². The third-order valence-electron chi connectivity index (χ3n) is 5.35. The van der Waals surface area contributed by atoms with Crippen molar-refractivity contribution in [2.75, 3.05) is 33.3 Å². The summed E-state index contributed by atoms with van der Waals surface area (Å²) in [6, 6.07) is 8.42. The molecule has 1 heterocycles. The molecular formula is C22H38NO2+. The molecule has 0 bridgehead atoms. The van der Waals surface area contributed by atoms with Gasteiger partial charge in [-0.05, 0) is 34.9 Å². The first-order valence-corrected chi connectivity index (χ1v) is 9.74. The summed E-state index contributed by atoms with van der Waals surface area (Å²) >= 11 is 0. The number of rotatable bonds is 7. The van der Waals surface area contributed by atoms with Crippen LogP contribution in [0.1, 0.15) is 59.4 Å². The molecule has 0 radical (unpaired) electrons. The number of hydrogen-bond acceptors (Lipinski definition) is 2. The lowest BCUT2D eigenvalue weighted by Crippen LogP contribution is -2.47. The molecule has 1 aliphatic heterocycles. The van der Waals surface area contributed by atoms with Crippen molar-refractivity contribution in [3.8, 4) is 5.75 Å². The van der Waals surface area contributed by atoms with Crippen LogP contribution in [0.3, 0.4) is 0 Å². The van der Waals surface area contributed by atoms with Crippen molar-refractivity contribution in [2.24, 2.45) is 5.41 Å². The van der Waals surface area contributed by atoms with Gasteiger partial charge in [-0.25, -0.2) is 0 Å². The van der Waals surface area contributed by atoms with E-state index >= 15 is 0 Å². The van der Waals surface area contributed by atoms with Gasteiger partial charge >= 0.3 is 0 Å². The van der Waals surface area contributed by atoms with Gasteiger partial charge in [-0.3, -0.25) is 0 Å². The summed E-state index contributed by atoms with van der Waals surface area (Å²) in [6.07, 6.45) is 3.28. The Kier molecular flexibility index (Phi) is 6.22. The molecule has 0 amide bonds. The fraction of sp³-hybridized carbons (Fsp3) is 0.727. The Morgan fingerprint density at radius 1 is 1.04 bits per heavy atom. The Labute approximate surface area is 154 Å². The van der Waals surface area contributed by atoms with Crippen LogP contribution in [0, 0.1) is 5.41 Å². The molecule has 3 heteroatoms. The molecule has 1 atom stereocenters. The Morgan fingerprint density at radius 3 is 2.12 bits per heavy atom. The first-order valence-electron chi connectivity index (χ1n) is 9.74. The van der Waals surface area contributed by atoms with E-state index in [1.807, 2.05) is 12.1 Å². The summed E-state index contributed by atoms with van der Waals surface area (Å²) in [6.45, 7) is 15.0. The van der Waals surface area contributed by atoms with Crippen LogP contribution in [-0.4, -0.2) is 49.0 Å². The van der Waals surface area contributed by atoms with Crippen LogP contribution in [-0.2, 0) is 5.41 Å². The van der Waals surface area contributed by atoms with Gasteiger partial charge in [0, 0.05) is 12.8 Å². The highest BCUT2D eigenvalue weighted by Gasteiger charge is 2.30. The Bertz CT molecular complexity index is 536. The van der Waals surface area contributed by atoms with E-state index in [0.29, 0.717) is 12.0 Å². The highest BCUT2D eigenvalue weighted by molar-refractivity contribution is 5.31.